The van der Waals surface area contributed by atoms with Crippen LogP contribution in [0.1, 0.15) is 174 Å². The lowest BCUT2D eigenvalue weighted by Crippen LogP contribution is -2.28. The number of allylic oxidation sites excluding steroid dienone is 14. The van der Waals surface area contributed by atoms with Gasteiger partial charge < -0.3 is 14.6 Å². The number of carbonyl (C=O) groups is 2. The Hall–Kier alpha value is -2.92. The van der Waals surface area contributed by atoms with E-state index in [1.807, 2.05) is 0 Å². The van der Waals surface area contributed by atoms with Crippen LogP contribution in [-0.2, 0) is 19.1 Å². The van der Waals surface area contributed by atoms with Crippen LogP contribution in [0.3, 0.4) is 0 Å². The number of hydrogen-bond donors (Lipinski definition) is 1. The SMILES string of the molecule is CC/C=C\C/C=C\C/C=C\C/C=C\C/C=C\C/C=C\CCCCCCCCCCC(=O)OC(CO)COC(=O)CCCCCCC/C=C\CCC. The number of hydrogen-bond acceptors (Lipinski definition) is 5. The summed E-state index contributed by atoms with van der Waals surface area (Å²) < 4.78 is 10.6. The maximum Gasteiger partial charge on any atom is 0.306 e. The van der Waals surface area contributed by atoms with E-state index in [0.717, 1.165) is 96.3 Å². The molecule has 290 valence electrons. The largest absolute Gasteiger partial charge is 0.462 e. The average molecular weight is 709 g/mol. The highest BCUT2D eigenvalue weighted by molar-refractivity contribution is 5.70. The van der Waals surface area contributed by atoms with Crippen LogP contribution in [0.15, 0.2) is 85.1 Å². The van der Waals surface area contributed by atoms with Gasteiger partial charge in [0, 0.05) is 12.8 Å². The maximum absolute atomic E-state index is 12.2. The summed E-state index contributed by atoms with van der Waals surface area (Å²) in [5, 5.41) is 9.54. The molecule has 0 saturated heterocycles. The van der Waals surface area contributed by atoms with Gasteiger partial charge in [-0.2, -0.15) is 0 Å². The van der Waals surface area contributed by atoms with E-state index < -0.39 is 6.10 Å². The van der Waals surface area contributed by atoms with Crippen molar-refractivity contribution in [1.29, 1.82) is 0 Å². The van der Waals surface area contributed by atoms with Crippen molar-refractivity contribution in [3.63, 3.8) is 0 Å². The molecule has 0 spiro atoms. The highest BCUT2D eigenvalue weighted by atomic mass is 16.6. The lowest BCUT2D eigenvalue weighted by atomic mass is 10.1. The molecule has 0 bridgehead atoms. The Morgan fingerprint density at radius 1 is 0.471 bits per heavy atom. The topological polar surface area (TPSA) is 72.8 Å². The Kier molecular flexibility index (Phi) is 39.1. The van der Waals surface area contributed by atoms with E-state index in [1.165, 1.54) is 51.4 Å². The highest BCUT2D eigenvalue weighted by Crippen LogP contribution is 2.12. The number of aliphatic hydroxyl groups excluding tert-OH is 1. The van der Waals surface area contributed by atoms with Crippen LogP contribution < -0.4 is 0 Å². The zero-order valence-corrected chi connectivity index (χ0v) is 32.8. The van der Waals surface area contributed by atoms with Gasteiger partial charge in [0.1, 0.15) is 6.61 Å². The number of ether oxygens (including phenoxy) is 2. The Morgan fingerprint density at radius 2 is 0.843 bits per heavy atom. The van der Waals surface area contributed by atoms with Crippen LogP contribution >= 0.6 is 0 Å². The van der Waals surface area contributed by atoms with Crippen LogP contribution in [0.25, 0.3) is 0 Å². The minimum Gasteiger partial charge on any atom is -0.462 e. The minimum absolute atomic E-state index is 0.0781. The van der Waals surface area contributed by atoms with E-state index in [0.29, 0.717) is 12.8 Å². The van der Waals surface area contributed by atoms with Gasteiger partial charge >= 0.3 is 11.9 Å². The summed E-state index contributed by atoms with van der Waals surface area (Å²) in [6.07, 6.45) is 56.5. The molecule has 1 unspecified atom stereocenters. The third-order valence-electron chi connectivity index (χ3n) is 8.40. The zero-order chi connectivity index (χ0) is 37.1. The van der Waals surface area contributed by atoms with Crippen molar-refractivity contribution in [2.24, 2.45) is 0 Å². The number of aliphatic hydroxyl groups is 1. The predicted octanol–water partition coefficient (Wildman–Crippen LogP) is 13.1. The van der Waals surface area contributed by atoms with Crippen molar-refractivity contribution in [2.75, 3.05) is 13.2 Å². The third-order valence-corrected chi connectivity index (χ3v) is 8.40. The summed E-state index contributed by atoms with van der Waals surface area (Å²) in [6, 6.07) is 0. The molecule has 1 N–H and O–H groups in total. The van der Waals surface area contributed by atoms with Crippen LogP contribution in [0.2, 0.25) is 0 Å². The Balaban J connectivity index is 3.60. The van der Waals surface area contributed by atoms with Crippen molar-refractivity contribution in [3.8, 4) is 0 Å². The van der Waals surface area contributed by atoms with Crippen LogP contribution in [0.5, 0.6) is 0 Å². The van der Waals surface area contributed by atoms with E-state index in [-0.39, 0.29) is 25.2 Å². The Labute approximate surface area is 314 Å². The quantitative estimate of drug-likeness (QED) is 0.0398. The maximum atomic E-state index is 12.2. The summed E-state index contributed by atoms with van der Waals surface area (Å²) in [5.74, 6) is -0.621. The van der Waals surface area contributed by atoms with Crippen molar-refractivity contribution >= 4 is 11.9 Å². The van der Waals surface area contributed by atoms with Gasteiger partial charge in [-0.3, -0.25) is 9.59 Å². The molecule has 0 aliphatic heterocycles. The van der Waals surface area contributed by atoms with E-state index >= 15 is 0 Å². The monoisotopic (exact) mass is 709 g/mol. The molecule has 1 atom stereocenters. The Bertz CT molecular complexity index is 984. The minimum atomic E-state index is -0.782. The van der Waals surface area contributed by atoms with Gasteiger partial charge in [0.15, 0.2) is 6.10 Å². The molecule has 0 aromatic rings. The zero-order valence-electron chi connectivity index (χ0n) is 32.8. The number of rotatable bonds is 36. The number of carbonyl (C=O) groups excluding carboxylic acids is 2. The summed E-state index contributed by atoms with van der Waals surface area (Å²) >= 11 is 0. The molecule has 0 aromatic heterocycles. The lowest BCUT2D eigenvalue weighted by Gasteiger charge is -2.15. The molecule has 0 heterocycles. The molecular formula is C46H76O5. The van der Waals surface area contributed by atoms with Crippen molar-refractivity contribution in [2.45, 2.75) is 180 Å². The molecule has 0 rings (SSSR count). The molecule has 0 saturated carbocycles. The first-order valence-electron chi connectivity index (χ1n) is 20.6. The van der Waals surface area contributed by atoms with E-state index in [4.69, 9.17) is 9.47 Å². The average Bonchev–Trinajstić information content (AvgIpc) is 3.13. The van der Waals surface area contributed by atoms with Gasteiger partial charge in [-0.05, 0) is 83.5 Å². The molecule has 5 heteroatoms. The molecule has 51 heavy (non-hydrogen) atoms. The van der Waals surface area contributed by atoms with Crippen LogP contribution in [-0.4, -0.2) is 36.4 Å². The van der Waals surface area contributed by atoms with Crippen molar-refractivity contribution < 1.29 is 24.2 Å². The molecule has 0 radical (unpaired) electrons. The lowest BCUT2D eigenvalue weighted by molar-refractivity contribution is -0.161. The molecule has 0 aliphatic rings. The van der Waals surface area contributed by atoms with Gasteiger partial charge in [0.25, 0.3) is 0 Å². The third kappa shape index (κ3) is 39.7. The first-order chi connectivity index (χ1) is 25.1. The smallest absolute Gasteiger partial charge is 0.306 e. The summed E-state index contributed by atoms with van der Waals surface area (Å²) in [4.78, 5) is 24.2. The molecule has 0 fully saturated rings. The standard InChI is InChI=1S/C46H76O5/c1-3-5-7-9-11-13-15-16-17-18-19-20-21-22-23-24-25-26-27-28-29-30-31-33-35-37-39-41-46(49)51-44(42-47)43-50-45(48)40-38-36-34-32-14-12-10-8-6-4-2/h5,7-8,10-11,13,16-17,19-20,22-23,25-26,44,47H,3-4,6,9,12,14-15,18,21,24,27-43H2,1-2H3/b7-5-,10-8-,13-11-,17-16-,20-19-,23-22-,26-25-. The number of esters is 2. The highest BCUT2D eigenvalue weighted by Gasteiger charge is 2.16. The van der Waals surface area contributed by atoms with E-state index in [1.54, 1.807) is 0 Å². The second-order valence-corrected chi connectivity index (χ2v) is 13.3. The number of unbranched alkanes of at least 4 members (excludes halogenated alkanes) is 14. The fourth-order valence-corrected chi connectivity index (χ4v) is 5.32. The molecular weight excluding hydrogens is 633 g/mol. The molecule has 5 nitrogen and oxygen atoms in total. The van der Waals surface area contributed by atoms with Gasteiger partial charge in [-0.25, -0.2) is 0 Å². The van der Waals surface area contributed by atoms with Gasteiger partial charge in [0.2, 0.25) is 0 Å². The van der Waals surface area contributed by atoms with Crippen molar-refractivity contribution in [1.82, 2.24) is 0 Å². The summed E-state index contributed by atoms with van der Waals surface area (Å²) in [6.45, 7) is 3.93. The first kappa shape index (κ1) is 48.1. The van der Waals surface area contributed by atoms with Crippen LogP contribution in [0.4, 0.5) is 0 Å². The molecule has 0 amide bonds. The predicted molar refractivity (Wildman–Crippen MR) is 219 cm³/mol. The Morgan fingerprint density at radius 3 is 1.29 bits per heavy atom. The van der Waals surface area contributed by atoms with Crippen molar-refractivity contribution in [3.05, 3.63) is 85.1 Å². The van der Waals surface area contributed by atoms with E-state index in [9.17, 15) is 14.7 Å². The van der Waals surface area contributed by atoms with Gasteiger partial charge in [0.05, 0.1) is 6.61 Å². The first-order valence-corrected chi connectivity index (χ1v) is 20.6. The van der Waals surface area contributed by atoms with E-state index in [2.05, 4.69) is 98.9 Å². The fraction of sp³-hybridized carbons (Fsp3) is 0.652. The van der Waals surface area contributed by atoms with Crippen LogP contribution in [0, 0.1) is 0 Å². The normalized spacial score (nSPS) is 13.1. The molecule has 0 aromatic carbocycles. The molecule has 0 aliphatic carbocycles. The summed E-state index contributed by atoms with van der Waals surface area (Å²) in [5.41, 5.74) is 0. The van der Waals surface area contributed by atoms with Gasteiger partial charge in [-0.15, -0.1) is 0 Å². The second kappa shape index (κ2) is 41.5. The second-order valence-electron chi connectivity index (χ2n) is 13.3. The van der Waals surface area contributed by atoms with Gasteiger partial charge in [-0.1, -0.05) is 163 Å². The fourth-order valence-electron chi connectivity index (χ4n) is 5.32. The summed E-state index contributed by atoms with van der Waals surface area (Å²) in [7, 11) is 0.